The number of ether oxygens (including phenoxy) is 1. The first-order valence-corrected chi connectivity index (χ1v) is 4.79. The monoisotopic (exact) mass is 201 g/mol. The quantitative estimate of drug-likeness (QED) is 0.715. The number of aryl methyl sites for hydroxylation is 1. The van der Waals surface area contributed by atoms with Crippen LogP contribution in [0.25, 0.3) is 11.1 Å². The Morgan fingerprint density at radius 1 is 1.53 bits per heavy atom. The summed E-state index contributed by atoms with van der Waals surface area (Å²) in [5.74, 6) is 3.87. The zero-order valence-electron chi connectivity index (χ0n) is 8.49. The minimum Gasteiger partial charge on any atom is -0.481 e. The maximum atomic E-state index is 5.47. The molecule has 1 heterocycles. The molecule has 0 amide bonds. The van der Waals surface area contributed by atoms with Crippen molar-refractivity contribution in [2.45, 2.75) is 13.3 Å². The van der Waals surface area contributed by atoms with E-state index >= 15 is 0 Å². The Labute approximate surface area is 88.1 Å². The number of aromatic nitrogens is 1. The second kappa shape index (κ2) is 4.05. The smallest absolute Gasteiger partial charge is 0.195 e. The zero-order chi connectivity index (χ0) is 10.7. The first kappa shape index (κ1) is 9.60. The van der Waals surface area contributed by atoms with E-state index in [9.17, 15) is 0 Å². The molecule has 76 valence electrons. The lowest BCUT2D eigenvalue weighted by Gasteiger charge is -1.99. The third kappa shape index (κ3) is 1.94. The van der Waals surface area contributed by atoms with Gasteiger partial charge in [0.05, 0.1) is 0 Å². The molecule has 0 saturated heterocycles. The summed E-state index contributed by atoms with van der Waals surface area (Å²) in [4.78, 5) is 4.30. The highest BCUT2D eigenvalue weighted by Gasteiger charge is 2.04. The third-order valence-corrected chi connectivity index (χ3v) is 2.03. The Hall–Kier alpha value is -1.95. The second-order valence-electron chi connectivity index (χ2n) is 3.08. The summed E-state index contributed by atoms with van der Waals surface area (Å²) < 4.78 is 10.8. The van der Waals surface area contributed by atoms with Crippen molar-refractivity contribution < 1.29 is 9.15 Å². The van der Waals surface area contributed by atoms with E-state index < -0.39 is 0 Å². The fourth-order valence-corrected chi connectivity index (χ4v) is 1.32. The van der Waals surface area contributed by atoms with E-state index in [2.05, 4.69) is 10.9 Å². The van der Waals surface area contributed by atoms with Crippen LogP contribution >= 0.6 is 0 Å². The molecule has 0 N–H and O–H groups in total. The number of oxazole rings is 1. The standard InChI is InChI=1S/C12H11NO2/c1-3-7-14-9-5-6-11-10(8-9)13-12(4-2)15-11/h1,5-6,8H,4,7H2,2H3. The summed E-state index contributed by atoms with van der Waals surface area (Å²) in [7, 11) is 0. The highest BCUT2D eigenvalue weighted by Crippen LogP contribution is 2.21. The Balaban J connectivity index is 2.34. The van der Waals surface area contributed by atoms with Crippen LogP contribution in [0, 0.1) is 12.3 Å². The van der Waals surface area contributed by atoms with Crippen LogP contribution in [0.15, 0.2) is 22.6 Å². The fraction of sp³-hybridized carbons (Fsp3) is 0.250. The number of terminal acetylenes is 1. The molecule has 0 saturated carbocycles. The largest absolute Gasteiger partial charge is 0.481 e. The van der Waals surface area contributed by atoms with Crippen LogP contribution in [-0.4, -0.2) is 11.6 Å². The Bertz CT molecular complexity index is 508. The molecule has 0 unspecified atom stereocenters. The first-order chi connectivity index (χ1) is 7.33. The van der Waals surface area contributed by atoms with Gasteiger partial charge in [-0.05, 0) is 12.1 Å². The van der Waals surface area contributed by atoms with E-state index in [0.29, 0.717) is 0 Å². The topological polar surface area (TPSA) is 35.3 Å². The SMILES string of the molecule is C#CCOc1ccc2oc(CC)nc2c1. The molecule has 0 bridgehead atoms. The Morgan fingerprint density at radius 3 is 3.13 bits per heavy atom. The van der Waals surface area contributed by atoms with E-state index in [-0.39, 0.29) is 6.61 Å². The van der Waals surface area contributed by atoms with Crippen molar-refractivity contribution in [1.82, 2.24) is 4.98 Å². The summed E-state index contributed by atoms with van der Waals surface area (Å²) in [6, 6.07) is 5.49. The van der Waals surface area contributed by atoms with Crippen molar-refractivity contribution in [3.63, 3.8) is 0 Å². The van der Waals surface area contributed by atoms with Crippen LogP contribution in [0.4, 0.5) is 0 Å². The normalized spacial score (nSPS) is 10.1. The van der Waals surface area contributed by atoms with Gasteiger partial charge in [0.2, 0.25) is 0 Å². The van der Waals surface area contributed by atoms with E-state index in [1.165, 1.54) is 0 Å². The number of nitrogens with zero attached hydrogens (tertiary/aromatic N) is 1. The molecular formula is C12H11NO2. The summed E-state index contributed by atoms with van der Waals surface area (Å²) in [6.07, 6.45) is 5.89. The summed E-state index contributed by atoms with van der Waals surface area (Å²) in [5.41, 5.74) is 1.58. The van der Waals surface area contributed by atoms with Crippen molar-refractivity contribution >= 4 is 11.1 Å². The molecule has 1 aromatic heterocycles. The van der Waals surface area contributed by atoms with Gasteiger partial charge < -0.3 is 9.15 Å². The van der Waals surface area contributed by atoms with Crippen molar-refractivity contribution in [2.75, 3.05) is 6.61 Å². The second-order valence-corrected chi connectivity index (χ2v) is 3.08. The van der Waals surface area contributed by atoms with Gasteiger partial charge in [0, 0.05) is 12.5 Å². The van der Waals surface area contributed by atoms with Gasteiger partial charge in [-0.3, -0.25) is 0 Å². The average molecular weight is 201 g/mol. The van der Waals surface area contributed by atoms with E-state index in [4.69, 9.17) is 15.6 Å². The zero-order valence-corrected chi connectivity index (χ0v) is 8.49. The molecule has 3 heteroatoms. The predicted octanol–water partition coefficient (Wildman–Crippen LogP) is 2.40. The Kier molecular flexibility index (Phi) is 2.59. The third-order valence-electron chi connectivity index (χ3n) is 2.03. The van der Waals surface area contributed by atoms with Crippen molar-refractivity contribution in [3.8, 4) is 18.1 Å². The van der Waals surface area contributed by atoms with Gasteiger partial charge >= 0.3 is 0 Å². The highest BCUT2D eigenvalue weighted by atomic mass is 16.5. The van der Waals surface area contributed by atoms with Crippen molar-refractivity contribution in [3.05, 3.63) is 24.1 Å². The van der Waals surface area contributed by atoms with Crippen LogP contribution in [0.1, 0.15) is 12.8 Å². The number of fused-ring (bicyclic) bond motifs is 1. The summed E-state index contributed by atoms with van der Waals surface area (Å²) >= 11 is 0. The highest BCUT2D eigenvalue weighted by molar-refractivity contribution is 5.74. The molecule has 2 rings (SSSR count). The lowest BCUT2D eigenvalue weighted by molar-refractivity contribution is 0.371. The van der Waals surface area contributed by atoms with Crippen molar-refractivity contribution in [2.24, 2.45) is 0 Å². The maximum absolute atomic E-state index is 5.47. The molecule has 0 aliphatic heterocycles. The number of hydrogen-bond acceptors (Lipinski definition) is 3. The van der Waals surface area contributed by atoms with Crippen molar-refractivity contribution in [1.29, 1.82) is 0 Å². The molecule has 0 fully saturated rings. The summed E-state index contributed by atoms with van der Waals surface area (Å²) in [5, 5.41) is 0. The van der Waals surface area contributed by atoms with E-state index in [1.54, 1.807) is 0 Å². The average Bonchev–Trinajstić information content (AvgIpc) is 2.68. The summed E-state index contributed by atoms with van der Waals surface area (Å²) in [6.45, 7) is 2.27. The van der Waals surface area contributed by atoms with Crippen LogP contribution in [-0.2, 0) is 6.42 Å². The van der Waals surface area contributed by atoms with Crippen LogP contribution in [0.2, 0.25) is 0 Å². The first-order valence-electron chi connectivity index (χ1n) is 4.79. The minimum absolute atomic E-state index is 0.268. The van der Waals surface area contributed by atoms with Gasteiger partial charge in [-0.1, -0.05) is 12.8 Å². The number of rotatable bonds is 3. The maximum Gasteiger partial charge on any atom is 0.195 e. The molecule has 0 atom stereocenters. The van der Waals surface area contributed by atoms with Gasteiger partial charge in [-0.2, -0.15) is 0 Å². The van der Waals surface area contributed by atoms with Gasteiger partial charge in [0.1, 0.15) is 17.9 Å². The fourth-order valence-electron chi connectivity index (χ4n) is 1.32. The molecule has 15 heavy (non-hydrogen) atoms. The molecule has 0 aliphatic rings. The van der Waals surface area contributed by atoms with Crippen LogP contribution in [0.3, 0.4) is 0 Å². The lowest BCUT2D eigenvalue weighted by atomic mass is 10.3. The van der Waals surface area contributed by atoms with Gasteiger partial charge in [-0.15, -0.1) is 6.42 Å². The number of hydrogen-bond donors (Lipinski definition) is 0. The van der Waals surface area contributed by atoms with E-state index in [0.717, 1.165) is 29.2 Å². The molecule has 0 aliphatic carbocycles. The molecular weight excluding hydrogens is 190 g/mol. The molecule has 1 aromatic carbocycles. The van der Waals surface area contributed by atoms with Gasteiger partial charge in [0.25, 0.3) is 0 Å². The molecule has 3 nitrogen and oxygen atoms in total. The predicted molar refractivity (Wildman–Crippen MR) is 57.7 cm³/mol. The lowest BCUT2D eigenvalue weighted by Crippen LogP contribution is -1.92. The molecule has 2 aromatic rings. The minimum atomic E-state index is 0.268. The molecule has 0 spiro atoms. The van der Waals surface area contributed by atoms with Crippen LogP contribution < -0.4 is 4.74 Å². The van der Waals surface area contributed by atoms with Crippen LogP contribution in [0.5, 0.6) is 5.75 Å². The van der Waals surface area contributed by atoms with E-state index in [1.807, 2.05) is 25.1 Å². The number of benzene rings is 1. The molecule has 0 radical (unpaired) electrons. The van der Waals surface area contributed by atoms with Gasteiger partial charge in [0.15, 0.2) is 11.5 Å². The Morgan fingerprint density at radius 2 is 2.40 bits per heavy atom. The van der Waals surface area contributed by atoms with Gasteiger partial charge in [-0.25, -0.2) is 4.98 Å².